The SMILES string of the molecule is Nc1ccccc1OCCOc1ccc(Cl)c(F)c1. The van der Waals surface area contributed by atoms with E-state index in [9.17, 15) is 4.39 Å². The molecule has 0 aliphatic heterocycles. The fourth-order valence-electron chi connectivity index (χ4n) is 1.49. The van der Waals surface area contributed by atoms with Gasteiger partial charge in [-0.05, 0) is 24.3 Å². The molecule has 0 aliphatic rings. The molecule has 2 aromatic rings. The van der Waals surface area contributed by atoms with E-state index in [1.807, 2.05) is 12.1 Å². The van der Waals surface area contributed by atoms with E-state index in [1.54, 1.807) is 18.2 Å². The maximum Gasteiger partial charge on any atom is 0.145 e. The van der Waals surface area contributed by atoms with E-state index in [1.165, 1.54) is 12.1 Å². The van der Waals surface area contributed by atoms with Gasteiger partial charge in [0.25, 0.3) is 0 Å². The molecule has 0 bridgehead atoms. The predicted octanol–water partition coefficient (Wildman–Crippen LogP) is 3.52. The van der Waals surface area contributed by atoms with Crippen LogP contribution in [0.25, 0.3) is 0 Å². The zero-order valence-corrected chi connectivity index (χ0v) is 10.9. The highest BCUT2D eigenvalue weighted by Gasteiger charge is 2.02. The van der Waals surface area contributed by atoms with Crippen LogP contribution in [0, 0.1) is 5.82 Å². The van der Waals surface area contributed by atoms with Gasteiger partial charge in [-0.15, -0.1) is 0 Å². The number of rotatable bonds is 5. The van der Waals surface area contributed by atoms with Crippen molar-refractivity contribution in [3.05, 3.63) is 53.3 Å². The number of nitrogen functional groups attached to an aromatic ring is 1. The van der Waals surface area contributed by atoms with Gasteiger partial charge in [0.15, 0.2) is 0 Å². The summed E-state index contributed by atoms with van der Waals surface area (Å²) in [5.41, 5.74) is 6.29. The summed E-state index contributed by atoms with van der Waals surface area (Å²) in [7, 11) is 0. The van der Waals surface area contributed by atoms with E-state index in [2.05, 4.69) is 0 Å². The largest absolute Gasteiger partial charge is 0.490 e. The minimum Gasteiger partial charge on any atom is -0.490 e. The Bertz CT molecular complexity index is 563. The van der Waals surface area contributed by atoms with Gasteiger partial charge in [0, 0.05) is 6.07 Å². The van der Waals surface area contributed by atoms with Crippen molar-refractivity contribution in [2.45, 2.75) is 0 Å². The fraction of sp³-hybridized carbons (Fsp3) is 0.143. The molecule has 0 heterocycles. The van der Waals surface area contributed by atoms with Crippen molar-refractivity contribution in [1.29, 1.82) is 0 Å². The topological polar surface area (TPSA) is 44.5 Å². The zero-order chi connectivity index (χ0) is 13.7. The Labute approximate surface area is 115 Å². The molecule has 19 heavy (non-hydrogen) atoms. The molecule has 3 nitrogen and oxygen atoms in total. The summed E-state index contributed by atoms with van der Waals surface area (Å²) >= 11 is 5.57. The number of hydrogen-bond donors (Lipinski definition) is 1. The molecule has 0 amide bonds. The van der Waals surface area contributed by atoms with Crippen molar-refractivity contribution >= 4 is 17.3 Å². The maximum atomic E-state index is 13.1. The van der Waals surface area contributed by atoms with Gasteiger partial charge in [-0.1, -0.05) is 23.7 Å². The van der Waals surface area contributed by atoms with Gasteiger partial charge in [0.1, 0.15) is 30.5 Å². The average molecular weight is 282 g/mol. The van der Waals surface area contributed by atoms with Crippen molar-refractivity contribution in [1.82, 2.24) is 0 Å². The monoisotopic (exact) mass is 281 g/mol. The van der Waals surface area contributed by atoms with Gasteiger partial charge in [-0.3, -0.25) is 0 Å². The average Bonchev–Trinajstić information content (AvgIpc) is 2.40. The normalized spacial score (nSPS) is 10.2. The third-order valence-corrected chi connectivity index (χ3v) is 2.73. The second kappa shape index (κ2) is 6.29. The lowest BCUT2D eigenvalue weighted by molar-refractivity contribution is 0.217. The van der Waals surface area contributed by atoms with Crippen LogP contribution in [0.15, 0.2) is 42.5 Å². The standard InChI is InChI=1S/C14H13ClFNO2/c15-11-6-5-10(9-12(11)16)18-7-8-19-14-4-2-1-3-13(14)17/h1-6,9H,7-8,17H2. The molecule has 0 spiro atoms. The first-order chi connectivity index (χ1) is 9.16. The molecular weight excluding hydrogens is 269 g/mol. The van der Waals surface area contributed by atoms with Gasteiger partial charge in [-0.2, -0.15) is 0 Å². The van der Waals surface area contributed by atoms with Crippen LogP contribution in [0.1, 0.15) is 0 Å². The number of benzene rings is 2. The molecule has 0 radical (unpaired) electrons. The van der Waals surface area contributed by atoms with E-state index in [-0.39, 0.29) is 11.6 Å². The lowest BCUT2D eigenvalue weighted by atomic mass is 10.3. The summed E-state index contributed by atoms with van der Waals surface area (Å²) in [4.78, 5) is 0. The summed E-state index contributed by atoms with van der Waals surface area (Å²) in [6.07, 6.45) is 0. The molecule has 100 valence electrons. The third kappa shape index (κ3) is 3.76. The van der Waals surface area contributed by atoms with Gasteiger partial charge < -0.3 is 15.2 Å². The summed E-state index contributed by atoms with van der Waals surface area (Å²) in [6, 6.07) is 11.5. The maximum absolute atomic E-state index is 13.1. The highest BCUT2D eigenvalue weighted by Crippen LogP contribution is 2.21. The van der Waals surface area contributed by atoms with E-state index in [0.717, 1.165) is 0 Å². The predicted molar refractivity (Wildman–Crippen MR) is 73.3 cm³/mol. The quantitative estimate of drug-likeness (QED) is 0.674. The molecule has 0 unspecified atom stereocenters. The Morgan fingerprint density at radius 2 is 1.79 bits per heavy atom. The molecule has 2 rings (SSSR count). The minimum atomic E-state index is -0.507. The second-order valence-electron chi connectivity index (χ2n) is 3.81. The molecule has 0 aromatic heterocycles. The van der Waals surface area contributed by atoms with Crippen LogP contribution in [0.2, 0.25) is 5.02 Å². The Kier molecular flexibility index (Phi) is 4.47. The second-order valence-corrected chi connectivity index (χ2v) is 4.22. The van der Waals surface area contributed by atoms with E-state index in [4.69, 9.17) is 26.8 Å². The molecule has 0 fully saturated rings. The van der Waals surface area contributed by atoms with Crippen LogP contribution in [0.3, 0.4) is 0 Å². The van der Waals surface area contributed by atoms with Gasteiger partial charge in [0.05, 0.1) is 10.7 Å². The first-order valence-corrected chi connectivity index (χ1v) is 6.10. The third-order valence-electron chi connectivity index (χ3n) is 2.42. The van der Waals surface area contributed by atoms with Crippen molar-refractivity contribution < 1.29 is 13.9 Å². The lowest BCUT2D eigenvalue weighted by Crippen LogP contribution is -2.10. The summed E-state index contributed by atoms with van der Waals surface area (Å²) < 4.78 is 23.9. The molecule has 2 aromatic carbocycles. The number of para-hydroxylation sites is 2. The van der Waals surface area contributed by atoms with E-state index < -0.39 is 5.82 Å². The smallest absolute Gasteiger partial charge is 0.145 e. The molecule has 0 atom stereocenters. The summed E-state index contributed by atoms with van der Waals surface area (Å²) in [6.45, 7) is 0.605. The van der Waals surface area contributed by atoms with Crippen molar-refractivity contribution in [3.8, 4) is 11.5 Å². The lowest BCUT2D eigenvalue weighted by Gasteiger charge is -2.10. The van der Waals surface area contributed by atoms with Crippen molar-refractivity contribution in [2.24, 2.45) is 0 Å². The number of anilines is 1. The van der Waals surface area contributed by atoms with E-state index in [0.29, 0.717) is 23.8 Å². The molecule has 0 saturated heterocycles. The zero-order valence-electron chi connectivity index (χ0n) is 10.1. The fourth-order valence-corrected chi connectivity index (χ4v) is 1.61. The Morgan fingerprint density at radius 1 is 1.05 bits per heavy atom. The number of hydrogen-bond acceptors (Lipinski definition) is 3. The highest BCUT2D eigenvalue weighted by molar-refractivity contribution is 6.30. The molecule has 2 N–H and O–H groups in total. The molecule has 0 aliphatic carbocycles. The van der Waals surface area contributed by atoms with Crippen LogP contribution in [-0.2, 0) is 0 Å². The van der Waals surface area contributed by atoms with Crippen LogP contribution < -0.4 is 15.2 Å². The minimum absolute atomic E-state index is 0.0701. The molecule has 5 heteroatoms. The summed E-state index contributed by atoms with van der Waals surface area (Å²) in [5, 5.41) is 0.0701. The number of halogens is 2. The highest BCUT2D eigenvalue weighted by atomic mass is 35.5. The van der Waals surface area contributed by atoms with Crippen LogP contribution in [0.5, 0.6) is 11.5 Å². The molecular formula is C14H13ClFNO2. The van der Waals surface area contributed by atoms with Gasteiger partial charge >= 0.3 is 0 Å². The van der Waals surface area contributed by atoms with Gasteiger partial charge in [0.2, 0.25) is 0 Å². The Balaban J connectivity index is 1.81. The Morgan fingerprint density at radius 3 is 2.53 bits per heavy atom. The number of nitrogens with two attached hydrogens (primary N) is 1. The van der Waals surface area contributed by atoms with Gasteiger partial charge in [-0.25, -0.2) is 4.39 Å². The van der Waals surface area contributed by atoms with Crippen LogP contribution >= 0.6 is 11.6 Å². The van der Waals surface area contributed by atoms with E-state index >= 15 is 0 Å². The Hall–Kier alpha value is -1.94. The number of ether oxygens (including phenoxy) is 2. The van der Waals surface area contributed by atoms with Crippen molar-refractivity contribution in [2.75, 3.05) is 18.9 Å². The van der Waals surface area contributed by atoms with Crippen molar-refractivity contribution in [3.63, 3.8) is 0 Å². The first kappa shape index (κ1) is 13.5. The van der Waals surface area contributed by atoms with Crippen LogP contribution in [0.4, 0.5) is 10.1 Å². The molecule has 0 saturated carbocycles. The summed E-state index contributed by atoms with van der Waals surface area (Å²) in [5.74, 6) is 0.507. The first-order valence-electron chi connectivity index (χ1n) is 5.72. The van der Waals surface area contributed by atoms with Crippen LogP contribution in [-0.4, -0.2) is 13.2 Å².